The number of likely N-dealkylation sites (tertiary alicyclic amines) is 1. The minimum atomic E-state index is -0.846. The van der Waals surface area contributed by atoms with Gasteiger partial charge in [0.2, 0.25) is 0 Å². The van der Waals surface area contributed by atoms with E-state index in [-0.39, 0.29) is 24.6 Å². The van der Waals surface area contributed by atoms with Crippen LogP contribution in [0.3, 0.4) is 0 Å². The van der Waals surface area contributed by atoms with Crippen molar-refractivity contribution in [2.75, 3.05) is 24.6 Å². The summed E-state index contributed by atoms with van der Waals surface area (Å²) in [5.74, 6) is 4.35. The van der Waals surface area contributed by atoms with Crippen molar-refractivity contribution in [1.82, 2.24) is 9.88 Å². The van der Waals surface area contributed by atoms with Crippen molar-refractivity contribution in [3.8, 4) is 11.3 Å². The first kappa shape index (κ1) is 23.5. The number of rotatable bonds is 8. The van der Waals surface area contributed by atoms with Crippen LogP contribution in [0.4, 0.5) is 9.93 Å². The maximum atomic E-state index is 12.2. The third-order valence-corrected chi connectivity index (χ3v) is 6.40. The zero-order valence-electron chi connectivity index (χ0n) is 18.3. The van der Waals surface area contributed by atoms with Gasteiger partial charge in [0, 0.05) is 36.1 Å². The number of hydrogen-bond acceptors (Lipinski definition) is 8. The average molecular weight is 460 g/mol. The second-order valence-corrected chi connectivity index (χ2v) is 8.51. The molecule has 2 atom stereocenters. The molecular formula is C22H29N5O4S. The van der Waals surface area contributed by atoms with Crippen molar-refractivity contribution in [2.45, 2.75) is 45.2 Å². The lowest BCUT2D eigenvalue weighted by Gasteiger charge is -2.41. The summed E-state index contributed by atoms with van der Waals surface area (Å²) >= 11 is 1.50. The molecule has 1 aliphatic rings. The van der Waals surface area contributed by atoms with Gasteiger partial charge in [-0.05, 0) is 32.3 Å². The van der Waals surface area contributed by atoms with E-state index in [1.54, 1.807) is 18.0 Å². The Hall–Kier alpha value is -3.14. The number of carboxylic acid groups (broad SMARTS) is 1. The molecule has 0 spiro atoms. The van der Waals surface area contributed by atoms with Crippen LogP contribution in [-0.4, -0.2) is 65.0 Å². The molecule has 0 radical (unpaired) electrons. The van der Waals surface area contributed by atoms with Gasteiger partial charge in [-0.15, -0.1) is 11.3 Å². The number of hydrogen-bond donors (Lipinski definition) is 2. The van der Waals surface area contributed by atoms with Gasteiger partial charge in [-0.2, -0.15) is 5.10 Å². The lowest BCUT2D eigenvalue weighted by molar-refractivity contribution is -0.136. The number of aliphatic carboxylic acids is 1. The fourth-order valence-electron chi connectivity index (χ4n) is 3.91. The summed E-state index contributed by atoms with van der Waals surface area (Å²) in [5, 5.41) is 15.5. The van der Waals surface area contributed by atoms with Gasteiger partial charge in [-0.25, -0.2) is 9.78 Å². The molecule has 0 bridgehead atoms. The average Bonchev–Trinajstić information content (AvgIpc) is 3.24. The summed E-state index contributed by atoms with van der Waals surface area (Å²) in [6.45, 7) is 5.07. The number of piperidine rings is 1. The van der Waals surface area contributed by atoms with Gasteiger partial charge < -0.3 is 25.5 Å². The van der Waals surface area contributed by atoms with Gasteiger partial charge in [-0.3, -0.25) is 4.79 Å². The van der Waals surface area contributed by atoms with E-state index < -0.39 is 5.97 Å². The fourth-order valence-corrected chi connectivity index (χ4v) is 4.85. The highest BCUT2D eigenvalue weighted by Crippen LogP contribution is 2.32. The van der Waals surface area contributed by atoms with Gasteiger partial charge in [0.25, 0.3) is 0 Å². The first-order valence-electron chi connectivity index (χ1n) is 10.6. The normalized spacial score (nSPS) is 18.6. The van der Waals surface area contributed by atoms with Crippen LogP contribution in [0.5, 0.6) is 0 Å². The molecule has 1 aromatic heterocycles. The Labute approximate surface area is 191 Å². The third-order valence-electron chi connectivity index (χ3n) is 5.53. The number of anilines is 1. The Balaban J connectivity index is 1.78. The number of ether oxygens (including phenoxy) is 1. The summed E-state index contributed by atoms with van der Waals surface area (Å²) in [6, 6.07) is 7.84. The van der Waals surface area contributed by atoms with Gasteiger partial charge in [0.15, 0.2) is 5.13 Å². The summed E-state index contributed by atoms with van der Waals surface area (Å²) in [7, 11) is 0. The zero-order chi connectivity index (χ0) is 23.1. The molecular weight excluding hydrogens is 430 g/mol. The van der Waals surface area contributed by atoms with Crippen molar-refractivity contribution in [2.24, 2.45) is 10.9 Å². The number of carboxylic acids is 1. The highest BCUT2D eigenvalue weighted by Gasteiger charge is 2.33. The van der Waals surface area contributed by atoms with Crippen LogP contribution in [-0.2, 0) is 9.53 Å². The quantitative estimate of drug-likeness (QED) is 0.352. The van der Waals surface area contributed by atoms with Crippen LogP contribution in [0.1, 0.15) is 38.7 Å². The largest absolute Gasteiger partial charge is 0.481 e. The molecule has 0 aliphatic carbocycles. The molecule has 1 amide bonds. The summed E-state index contributed by atoms with van der Waals surface area (Å²) in [4.78, 5) is 32.1. The highest BCUT2D eigenvalue weighted by molar-refractivity contribution is 7.14. The number of amides is 1. The molecule has 1 aromatic carbocycles. The van der Waals surface area contributed by atoms with Crippen LogP contribution < -0.4 is 10.7 Å². The molecule has 172 valence electrons. The van der Waals surface area contributed by atoms with Crippen LogP contribution in [0.2, 0.25) is 0 Å². The summed E-state index contributed by atoms with van der Waals surface area (Å²) in [5.41, 5.74) is 2.70. The maximum absolute atomic E-state index is 12.2. The van der Waals surface area contributed by atoms with E-state index in [9.17, 15) is 14.7 Å². The molecule has 1 fully saturated rings. The topological polar surface area (TPSA) is 121 Å². The van der Waals surface area contributed by atoms with Crippen LogP contribution in [0, 0.1) is 0 Å². The lowest BCUT2D eigenvalue weighted by Crippen LogP contribution is -2.51. The van der Waals surface area contributed by atoms with Gasteiger partial charge in [0.05, 0.1) is 24.9 Å². The molecule has 1 aliphatic heterocycles. The molecule has 32 heavy (non-hydrogen) atoms. The summed E-state index contributed by atoms with van der Waals surface area (Å²) < 4.78 is 5.16. The first-order valence-corrected chi connectivity index (χ1v) is 11.5. The second-order valence-electron chi connectivity index (χ2n) is 7.67. The van der Waals surface area contributed by atoms with E-state index in [1.807, 2.05) is 36.6 Å². The minimum Gasteiger partial charge on any atom is -0.481 e. The molecule has 2 aromatic rings. The predicted molar refractivity (Wildman–Crippen MR) is 125 cm³/mol. The Morgan fingerprint density at radius 1 is 1.41 bits per heavy atom. The zero-order valence-corrected chi connectivity index (χ0v) is 19.1. The number of hydrazone groups is 1. The maximum Gasteiger partial charge on any atom is 0.409 e. The van der Waals surface area contributed by atoms with Crippen molar-refractivity contribution in [3.63, 3.8) is 0 Å². The number of nitrogens with zero attached hydrogens (tertiary/aromatic N) is 4. The van der Waals surface area contributed by atoms with E-state index in [1.165, 1.54) is 11.3 Å². The van der Waals surface area contributed by atoms with E-state index >= 15 is 0 Å². The van der Waals surface area contributed by atoms with Crippen LogP contribution in [0.15, 0.2) is 34.7 Å². The SMILES string of the molecule is CCOC(=O)N1CCC(N(CCC(=O)O)c2nc(-c3ccc(C=NN)cc3)cs2)CC1C. The van der Waals surface area contributed by atoms with Crippen molar-refractivity contribution in [3.05, 3.63) is 35.2 Å². The molecule has 1 saturated heterocycles. The van der Waals surface area contributed by atoms with Crippen molar-refractivity contribution < 1.29 is 19.4 Å². The van der Waals surface area contributed by atoms with E-state index in [0.29, 0.717) is 19.7 Å². The van der Waals surface area contributed by atoms with Crippen molar-refractivity contribution >= 4 is 34.7 Å². The van der Waals surface area contributed by atoms with E-state index in [4.69, 9.17) is 15.6 Å². The monoisotopic (exact) mass is 459 g/mol. The van der Waals surface area contributed by atoms with Crippen LogP contribution in [0.25, 0.3) is 11.3 Å². The number of nitrogens with two attached hydrogens (primary N) is 1. The Kier molecular flexibility index (Phi) is 8.04. The number of carbonyl (C=O) groups excluding carboxylic acids is 1. The molecule has 2 heterocycles. The standard InChI is InChI=1S/C22H29N5O4S/c1-3-31-22(30)26-10-8-18(12-15(26)2)27(11-9-20(28)29)21-25-19(14-32-21)17-6-4-16(5-7-17)13-24-23/h4-7,13-15,18H,3,8-12,23H2,1-2H3,(H,28,29). The number of carbonyl (C=O) groups is 2. The number of benzene rings is 1. The van der Waals surface area contributed by atoms with Crippen molar-refractivity contribution in [1.29, 1.82) is 0 Å². The van der Waals surface area contributed by atoms with Gasteiger partial charge in [-0.1, -0.05) is 24.3 Å². The number of thiazole rings is 1. The Bertz CT molecular complexity index is 946. The summed E-state index contributed by atoms with van der Waals surface area (Å²) in [6.07, 6.45) is 2.75. The first-order chi connectivity index (χ1) is 15.4. The molecule has 2 unspecified atom stereocenters. The highest BCUT2D eigenvalue weighted by atomic mass is 32.1. The molecule has 3 rings (SSSR count). The molecule has 0 saturated carbocycles. The predicted octanol–water partition coefficient (Wildman–Crippen LogP) is 3.39. The molecule has 3 N–H and O–H groups in total. The van der Waals surface area contributed by atoms with Gasteiger partial charge in [0.1, 0.15) is 0 Å². The minimum absolute atomic E-state index is 0.00341. The van der Waals surface area contributed by atoms with E-state index in [2.05, 4.69) is 10.0 Å². The molecule has 10 heteroatoms. The van der Waals surface area contributed by atoms with E-state index in [0.717, 1.165) is 34.8 Å². The van der Waals surface area contributed by atoms with Gasteiger partial charge >= 0.3 is 12.1 Å². The Morgan fingerprint density at radius 3 is 2.78 bits per heavy atom. The Morgan fingerprint density at radius 2 is 2.16 bits per heavy atom. The third kappa shape index (κ3) is 5.76. The van der Waals surface area contributed by atoms with Crippen LogP contribution >= 0.6 is 11.3 Å². The molecule has 9 nitrogen and oxygen atoms in total. The fraction of sp³-hybridized carbons (Fsp3) is 0.455. The second kappa shape index (κ2) is 10.9. The lowest BCUT2D eigenvalue weighted by atomic mass is 9.97. The number of aromatic nitrogens is 1. The smallest absolute Gasteiger partial charge is 0.409 e.